The number of unbranched alkanes of at least 4 members (excludes halogenated alkanes) is 1. The minimum atomic E-state index is -0.0608. The van der Waals surface area contributed by atoms with Gasteiger partial charge in [-0.05, 0) is 51.0 Å². The number of aromatic amines is 1. The van der Waals surface area contributed by atoms with E-state index >= 15 is 0 Å². The molecule has 118 valence electrons. The Kier molecular flexibility index (Phi) is 5.58. The number of H-pyrrole nitrogens is 1. The molecule has 0 bridgehead atoms. The van der Waals surface area contributed by atoms with E-state index in [2.05, 4.69) is 22.2 Å². The van der Waals surface area contributed by atoms with Crippen LogP contribution in [-0.2, 0) is 6.42 Å². The van der Waals surface area contributed by atoms with Gasteiger partial charge in [-0.2, -0.15) is 0 Å². The van der Waals surface area contributed by atoms with Crippen LogP contribution < -0.4 is 15.6 Å². The number of hydrogen-bond acceptors (Lipinski definition) is 4. The monoisotopic (exact) mass is 301 g/mol. The number of ether oxygens (including phenoxy) is 1. The molecule has 2 aromatic rings. The fourth-order valence-corrected chi connectivity index (χ4v) is 2.26. The van der Waals surface area contributed by atoms with E-state index < -0.39 is 0 Å². The fourth-order valence-electron chi connectivity index (χ4n) is 2.26. The van der Waals surface area contributed by atoms with E-state index in [1.165, 1.54) is 0 Å². The Hall–Kier alpha value is -2.30. The van der Waals surface area contributed by atoms with Gasteiger partial charge in [-0.1, -0.05) is 13.3 Å². The fraction of sp³-hybridized carbons (Fsp3) is 0.412. The van der Waals surface area contributed by atoms with Gasteiger partial charge in [0.15, 0.2) is 0 Å². The van der Waals surface area contributed by atoms with Gasteiger partial charge >= 0.3 is 0 Å². The maximum atomic E-state index is 12.1. The molecule has 0 saturated heterocycles. The average Bonchev–Trinajstić information content (AvgIpc) is 2.49. The summed E-state index contributed by atoms with van der Waals surface area (Å²) >= 11 is 0. The molecular weight excluding hydrogens is 278 g/mol. The van der Waals surface area contributed by atoms with Crippen LogP contribution in [0.25, 0.3) is 0 Å². The third-order valence-electron chi connectivity index (χ3n) is 3.43. The zero-order chi connectivity index (χ0) is 15.9. The SMILES string of the molecule is CCCCc1c(C)nc(Nc2ccc(OCC)cc2)[nH]c1=O. The first kappa shape index (κ1) is 16.1. The van der Waals surface area contributed by atoms with Crippen molar-refractivity contribution in [1.82, 2.24) is 9.97 Å². The van der Waals surface area contributed by atoms with Crippen molar-refractivity contribution >= 4 is 11.6 Å². The third-order valence-corrected chi connectivity index (χ3v) is 3.43. The summed E-state index contributed by atoms with van der Waals surface area (Å²) in [4.78, 5) is 19.4. The molecule has 2 N–H and O–H groups in total. The first-order valence-corrected chi connectivity index (χ1v) is 7.73. The molecule has 1 aromatic heterocycles. The number of aromatic nitrogens is 2. The Labute approximate surface area is 130 Å². The van der Waals surface area contributed by atoms with Gasteiger partial charge in [0, 0.05) is 16.9 Å². The van der Waals surface area contributed by atoms with Crippen molar-refractivity contribution in [2.24, 2.45) is 0 Å². The number of nitrogens with zero attached hydrogens (tertiary/aromatic N) is 1. The summed E-state index contributed by atoms with van der Waals surface area (Å²) in [5.41, 5.74) is 2.35. The van der Waals surface area contributed by atoms with Gasteiger partial charge in [0.1, 0.15) is 5.75 Å². The Bertz CT molecular complexity index is 663. The molecule has 0 atom stereocenters. The molecule has 0 aliphatic carbocycles. The van der Waals surface area contributed by atoms with E-state index in [0.717, 1.165) is 42.0 Å². The lowest BCUT2D eigenvalue weighted by Gasteiger charge is -2.09. The summed E-state index contributed by atoms with van der Waals surface area (Å²) < 4.78 is 5.40. The summed E-state index contributed by atoms with van der Waals surface area (Å²) in [7, 11) is 0. The number of anilines is 2. The molecule has 0 saturated carbocycles. The van der Waals surface area contributed by atoms with Gasteiger partial charge in [0.2, 0.25) is 5.95 Å². The standard InChI is InChI=1S/C17H23N3O2/c1-4-6-7-15-12(3)18-17(20-16(15)21)19-13-8-10-14(11-9-13)22-5-2/h8-11H,4-7H2,1-3H3,(H2,18,19,20,21). The van der Waals surface area contributed by atoms with Crippen LogP contribution in [0.5, 0.6) is 5.75 Å². The van der Waals surface area contributed by atoms with Gasteiger partial charge in [0.25, 0.3) is 5.56 Å². The molecule has 1 heterocycles. The van der Waals surface area contributed by atoms with Crippen molar-refractivity contribution in [3.05, 3.63) is 45.9 Å². The molecular formula is C17H23N3O2. The maximum Gasteiger partial charge on any atom is 0.255 e. The van der Waals surface area contributed by atoms with Crippen molar-refractivity contribution in [3.63, 3.8) is 0 Å². The molecule has 5 nitrogen and oxygen atoms in total. The quantitative estimate of drug-likeness (QED) is 0.820. The van der Waals surface area contributed by atoms with Crippen molar-refractivity contribution in [2.45, 2.75) is 40.0 Å². The number of hydrogen-bond donors (Lipinski definition) is 2. The lowest BCUT2D eigenvalue weighted by Crippen LogP contribution is -2.18. The van der Waals surface area contributed by atoms with E-state index in [1.807, 2.05) is 38.1 Å². The van der Waals surface area contributed by atoms with Gasteiger partial charge in [-0.15, -0.1) is 0 Å². The van der Waals surface area contributed by atoms with E-state index in [0.29, 0.717) is 12.6 Å². The molecule has 2 rings (SSSR count). The van der Waals surface area contributed by atoms with Crippen molar-refractivity contribution in [1.29, 1.82) is 0 Å². The predicted octanol–water partition coefficient (Wildman–Crippen LogP) is 3.56. The van der Waals surface area contributed by atoms with Crippen LogP contribution in [0.15, 0.2) is 29.1 Å². The second-order valence-corrected chi connectivity index (χ2v) is 5.16. The molecule has 5 heteroatoms. The first-order chi connectivity index (χ1) is 10.6. The second kappa shape index (κ2) is 7.64. The van der Waals surface area contributed by atoms with Crippen molar-refractivity contribution in [2.75, 3.05) is 11.9 Å². The average molecular weight is 301 g/mol. The number of rotatable bonds is 7. The van der Waals surface area contributed by atoms with Gasteiger partial charge in [-0.25, -0.2) is 4.98 Å². The highest BCUT2D eigenvalue weighted by Crippen LogP contribution is 2.18. The molecule has 0 radical (unpaired) electrons. The minimum absolute atomic E-state index is 0.0608. The zero-order valence-electron chi connectivity index (χ0n) is 13.4. The van der Waals surface area contributed by atoms with Crippen molar-refractivity contribution < 1.29 is 4.74 Å². The van der Waals surface area contributed by atoms with E-state index in [4.69, 9.17) is 4.74 Å². The number of nitrogens with one attached hydrogen (secondary N) is 2. The Morgan fingerprint density at radius 3 is 2.55 bits per heavy atom. The van der Waals surface area contributed by atoms with Gasteiger partial charge < -0.3 is 10.1 Å². The van der Waals surface area contributed by atoms with Crippen LogP contribution in [-0.4, -0.2) is 16.6 Å². The lowest BCUT2D eigenvalue weighted by molar-refractivity contribution is 0.340. The zero-order valence-corrected chi connectivity index (χ0v) is 13.4. The first-order valence-electron chi connectivity index (χ1n) is 7.73. The number of benzene rings is 1. The molecule has 0 aliphatic heterocycles. The summed E-state index contributed by atoms with van der Waals surface area (Å²) in [5, 5.41) is 3.12. The summed E-state index contributed by atoms with van der Waals surface area (Å²) in [5.74, 6) is 1.28. The highest BCUT2D eigenvalue weighted by Gasteiger charge is 2.08. The topological polar surface area (TPSA) is 67.0 Å². The molecule has 1 aromatic carbocycles. The normalized spacial score (nSPS) is 10.5. The van der Waals surface area contributed by atoms with Crippen LogP contribution in [0.1, 0.15) is 37.9 Å². The number of aryl methyl sites for hydroxylation is 1. The largest absolute Gasteiger partial charge is 0.494 e. The Morgan fingerprint density at radius 1 is 1.23 bits per heavy atom. The summed E-state index contributed by atoms with van der Waals surface area (Å²) in [6.45, 7) is 6.58. The highest BCUT2D eigenvalue weighted by molar-refractivity contribution is 5.54. The molecule has 22 heavy (non-hydrogen) atoms. The molecule has 0 unspecified atom stereocenters. The predicted molar refractivity (Wildman–Crippen MR) is 89.1 cm³/mol. The van der Waals surface area contributed by atoms with Crippen LogP contribution in [0.3, 0.4) is 0 Å². The molecule has 0 fully saturated rings. The lowest BCUT2D eigenvalue weighted by atomic mass is 10.1. The van der Waals surface area contributed by atoms with Crippen LogP contribution in [0.4, 0.5) is 11.6 Å². The summed E-state index contributed by atoms with van der Waals surface area (Å²) in [6.07, 6.45) is 2.83. The summed E-state index contributed by atoms with van der Waals surface area (Å²) in [6, 6.07) is 7.55. The van der Waals surface area contributed by atoms with Crippen molar-refractivity contribution in [3.8, 4) is 5.75 Å². The van der Waals surface area contributed by atoms with Crippen LogP contribution >= 0.6 is 0 Å². The van der Waals surface area contributed by atoms with Gasteiger partial charge in [-0.3, -0.25) is 9.78 Å². The van der Waals surface area contributed by atoms with Crippen LogP contribution in [0.2, 0.25) is 0 Å². The van der Waals surface area contributed by atoms with E-state index in [1.54, 1.807) is 0 Å². The maximum absolute atomic E-state index is 12.1. The highest BCUT2D eigenvalue weighted by atomic mass is 16.5. The van der Waals surface area contributed by atoms with Crippen LogP contribution in [0, 0.1) is 6.92 Å². The smallest absolute Gasteiger partial charge is 0.255 e. The molecule has 0 spiro atoms. The van der Waals surface area contributed by atoms with Gasteiger partial charge in [0.05, 0.1) is 6.61 Å². The van der Waals surface area contributed by atoms with E-state index in [9.17, 15) is 4.79 Å². The minimum Gasteiger partial charge on any atom is -0.494 e. The van der Waals surface area contributed by atoms with E-state index in [-0.39, 0.29) is 5.56 Å². The Morgan fingerprint density at radius 2 is 1.95 bits per heavy atom. The third kappa shape index (κ3) is 4.10. The molecule has 0 aliphatic rings. The molecule has 0 amide bonds. The Balaban J connectivity index is 2.14. The second-order valence-electron chi connectivity index (χ2n) is 5.16.